The highest BCUT2D eigenvalue weighted by molar-refractivity contribution is 5.85. The van der Waals surface area contributed by atoms with Gasteiger partial charge in [-0.3, -0.25) is 9.79 Å². The van der Waals surface area contributed by atoms with E-state index in [0.29, 0.717) is 0 Å². The van der Waals surface area contributed by atoms with Gasteiger partial charge >= 0.3 is 0 Å². The third kappa shape index (κ3) is 2.77. The number of aliphatic imine (C=N–C) groups is 1. The second-order valence-electron chi connectivity index (χ2n) is 6.59. The number of carbonyl (C=O) groups is 1. The van der Waals surface area contributed by atoms with E-state index in [4.69, 9.17) is 4.99 Å². The number of pyridine rings is 1. The van der Waals surface area contributed by atoms with E-state index < -0.39 is 0 Å². The molecule has 1 unspecified atom stereocenters. The highest BCUT2D eigenvalue weighted by Gasteiger charge is 2.25. The number of carbonyl (C=O) groups excluding carboxylic acids is 1. The Morgan fingerprint density at radius 1 is 1.25 bits per heavy atom. The second-order valence-corrected chi connectivity index (χ2v) is 6.59. The Bertz CT molecular complexity index is 773. The number of piperazine rings is 1. The van der Waals surface area contributed by atoms with Crippen LogP contribution < -0.4 is 0 Å². The standard InChI is InChI=1S/C18H23N5O/c1-13(24)22-9-11-23(12-10-22)17-4-2-3-16(21-17)14-5-7-19-18-15(14)6-8-20-18/h5-8,16H,2-4,9-12H2,1H3,(H,19,20). The monoisotopic (exact) mass is 325 g/mol. The minimum absolute atomic E-state index is 0.171. The molecule has 6 heteroatoms. The first-order valence-electron chi connectivity index (χ1n) is 8.71. The topological polar surface area (TPSA) is 64.6 Å². The lowest BCUT2D eigenvalue weighted by atomic mass is 9.96. The van der Waals surface area contributed by atoms with Gasteiger partial charge in [-0.1, -0.05) is 0 Å². The van der Waals surface area contributed by atoms with Gasteiger partial charge in [-0.15, -0.1) is 0 Å². The number of hydrogen-bond acceptors (Lipinski definition) is 4. The van der Waals surface area contributed by atoms with Crippen LogP contribution in [0.1, 0.15) is 37.8 Å². The number of aromatic nitrogens is 2. The van der Waals surface area contributed by atoms with Crippen molar-refractivity contribution in [2.24, 2.45) is 4.99 Å². The number of H-pyrrole nitrogens is 1. The average Bonchev–Trinajstić information content (AvgIpc) is 3.10. The fourth-order valence-corrected chi connectivity index (χ4v) is 3.78. The predicted octanol–water partition coefficient (Wildman–Crippen LogP) is 2.35. The Hall–Kier alpha value is -2.37. The first kappa shape index (κ1) is 15.2. The third-order valence-electron chi connectivity index (χ3n) is 5.13. The molecule has 0 aliphatic carbocycles. The summed E-state index contributed by atoms with van der Waals surface area (Å²) in [5.74, 6) is 1.37. The third-order valence-corrected chi connectivity index (χ3v) is 5.13. The van der Waals surface area contributed by atoms with Crippen LogP contribution >= 0.6 is 0 Å². The summed E-state index contributed by atoms with van der Waals surface area (Å²) in [5, 5.41) is 1.17. The lowest BCUT2D eigenvalue weighted by molar-refractivity contribution is -0.130. The molecule has 2 aliphatic rings. The van der Waals surface area contributed by atoms with Crippen molar-refractivity contribution in [3.05, 3.63) is 30.1 Å². The molecule has 24 heavy (non-hydrogen) atoms. The molecule has 1 atom stereocenters. The largest absolute Gasteiger partial charge is 0.357 e. The molecule has 1 fully saturated rings. The summed E-state index contributed by atoms with van der Waals surface area (Å²) in [6.45, 7) is 5.03. The molecular weight excluding hydrogens is 302 g/mol. The Morgan fingerprint density at radius 3 is 2.88 bits per heavy atom. The summed E-state index contributed by atoms with van der Waals surface area (Å²) < 4.78 is 0. The van der Waals surface area contributed by atoms with Crippen LogP contribution in [0.25, 0.3) is 11.0 Å². The normalized spacial score (nSPS) is 21.9. The van der Waals surface area contributed by atoms with Crippen LogP contribution in [-0.2, 0) is 4.79 Å². The van der Waals surface area contributed by atoms with Crippen molar-refractivity contribution >= 4 is 22.8 Å². The number of nitrogens with one attached hydrogen (secondary N) is 1. The van der Waals surface area contributed by atoms with Crippen molar-refractivity contribution in [1.82, 2.24) is 19.8 Å². The molecule has 0 bridgehead atoms. The lowest BCUT2D eigenvalue weighted by Gasteiger charge is -2.38. The van der Waals surface area contributed by atoms with Gasteiger partial charge in [0.15, 0.2) is 0 Å². The van der Waals surface area contributed by atoms with E-state index in [1.807, 2.05) is 17.3 Å². The van der Waals surface area contributed by atoms with Gasteiger partial charge in [0.1, 0.15) is 5.65 Å². The number of amides is 1. The van der Waals surface area contributed by atoms with Crippen molar-refractivity contribution < 1.29 is 4.79 Å². The molecule has 2 aliphatic heterocycles. The maximum atomic E-state index is 11.5. The van der Waals surface area contributed by atoms with Gasteiger partial charge in [0.2, 0.25) is 5.91 Å². The van der Waals surface area contributed by atoms with Gasteiger partial charge < -0.3 is 14.8 Å². The molecule has 0 radical (unpaired) electrons. The smallest absolute Gasteiger partial charge is 0.219 e. The summed E-state index contributed by atoms with van der Waals surface area (Å²) in [4.78, 5) is 28.4. The van der Waals surface area contributed by atoms with Crippen LogP contribution in [0.15, 0.2) is 29.5 Å². The van der Waals surface area contributed by atoms with Crippen LogP contribution in [-0.4, -0.2) is 57.7 Å². The Morgan fingerprint density at radius 2 is 2.08 bits per heavy atom. The molecule has 4 heterocycles. The SMILES string of the molecule is CC(=O)N1CCN(C2=NC(c3ccnc4[nH]ccc34)CCC2)CC1. The zero-order valence-electron chi connectivity index (χ0n) is 14.0. The quantitative estimate of drug-likeness (QED) is 0.875. The van der Waals surface area contributed by atoms with Crippen LogP contribution in [0.4, 0.5) is 0 Å². The predicted molar refractivity (Wildman–Crippen MR) is 93.9 cm³/mol. The molecule has 2 aromatic rings. The number of fused-ring (bicyclic) bond motifs is 1. The maximum Gasteiger partial charge on any atom is 0.219 e. The van der Waals surface area contributed by atoms with Gasteiger partial charge in [-0.2, -0.15) is 0 Å². The average molecular weight is 325 g/mol. The van der Waals surface area contributed by atoms with E-state index in [1.54, 1.807) is 6.92 Å². The van der Waals surface area contributed by atoms with Gasteiger partial charge in [0, 0.05) is 57.3 Å². The zero-order valence-corrected chi connectivity index (χ0v) is 14.0. The molecule has 1 saturated heterocycles. The molecular formula is C18H23N5O. The van der Waals surface area contributed by atoms with Crippen LogP contribution in [0.2, 0.25) is 0 Å². The highest BCUT2D eigenvalue weighted by Crippen LogP contribution is 2.32. The zero-order chi connectivity index (χ0) is 16.5. The summed E-state index contributed by atoms with van der Waals surface area (Å²) in [6.07, 6.45) is 7.09. The second kappa shape index (κ2) is 6.26. The lowest BCUT2D eigenvalue weighted by Crippen LogP contribution is -2.50. The van der Waals surface area contributed by atoms with E-state index in [2.05, 4.69) is 27.0 Å². The number of nitrogens with zero attached hydrogens (tertiary/aromatic N) is 4. The van der Waals surface area contributed by atoms with Gasteiger partial charge in [-0.05, 0) is 30.5 Å². The molecule has 0 aromatic carbocycles. The minimum Gasteiger partial charge on any atom is -0.357 e. The van der Waals surface area contributed by atoms with E-state index >= 15 is 0 Å². The molecule has 4 rings (SSSR count). The van der Waals surface area contributed by atoms with E-state index in [1.165, 1.54) is 16.8 Å². The Labute approximate surface area is 141 Å². The van der Waals surface area contributed by atoms with Crippen LogP contribution in [0.5, 0.6) is 0 Å². The molecule has 126 valence electrons. The summed E-state index contributed by atoms with van der Waals surface area (Å²) in [6, 6.07) is 4.40. The van der Waals surface area contributed by atoms with Crippen molar-refractivity contribution in [3.63, 3.8) is 0 Å². The minimum atomic E-state index is 0.171. The summed E-state index contributed by atoms with van der Waals surface area (Å²) in [5.41, 5.74) is 2.20. The van der Waals surface area contributed by atoms with Crippen LogP contribution in [0, 0.1) is 0 Å². The van der Waals surface area contributed by atoms with Crippen molar-refractivity contribution in [2.45, 2.75) is 32.2 Å². The van der Waals surface area contributed by atoms with Gasteiger partial charge in [-0.25, -0.2) is 4.98 Å². The van der Waals surface area contributed by atoms with E-state index in [0.717, 1.165) is 51.1 Å². The summed E-state index contributed by atoms with van der Waals surface area (Å²) >= 11 is 0. The Kier molecular flexibility index (Phi) is 3.96. The Balaban J connectivity index is 1.55. The molecule has 0 spiro atoms. The van der Waals surface area contributed by atoms with Gasteiger partial charge in [0.25, 0.3) is 0 Å². The molecule has 0 saturated carbocycles. The van der Waals surface area contributed by atoms with Crippen molar-refractivity contribution in [2.75, 3.05) is 26.2 Å². The van der Waals surface area contributed by atoms with E-state index in [9.17, 15) is 4.79 Å². The molecule has 1 N–H and O–H groups in total. The number of rotatable bonds is 1. The van der Waals surface area contributed by atoms with E-state index in [-0.39, 0.29) is 11.9 Å². The first-order valence-corrected chi connectivity index (χ1v) is 8.71. The summed E-state index contributed by atoms with van der Waals surface area (Å²) in [7, 11) is 0. The number of amidine groups is 1. The van der Waals surface area contributed by atoms with Gasteiger partial charge in [0.05, 0.1) is 11.9 Å². The highest BCUT2D eigenvalue weighted by atomic mass is 16.2. The number of hydrogen-bond donors (Lipinski definition) is 1. The van der Waals surface area contributed by atoms with Crippen molar-refractivity contribution in [1.29, 1.82) is 0 Å². The molecule has 2 aromatic heterocycles. The first-order chi connectivity index (χ1) is 11.7. The van der Waals surface area contributed by atoms with Crippen molar-refractivity contribution in [3.8, 4) is 0 Å². The number of aromatic amines is 1. The molecule has 6 nitrogen and oxygen atoms in total. The fraction of sp³-hybridized carbons (Fsp3) is 0.500. The maximum absolute atomic E-state index is 11.5. The molecule has 1 amide bonds. The fourth-order valence-electron chi connectivity index (χ4n) is 3.78. The van der Waals surface area contributed by atoms with Crippen LogP contribution in [0.3, 0.4) is 0 Å².